The van der Waals surface area contributed by atoms with Gasteiger partial charge in [-0.1, -0.05) is 18.6 Å². The van der Waals surface area contributed by atoms with Gasteiger partial charge in [0.15, 0.2) is 9.39 Å². The smallest absolute Gasteiger partial charge is 0.172 e. The summed E-state index contributed by atoms with van der Waals surface area (Å²) in [4.78, 5) is 0. The Kier molecular flexibility index (Phi) is 3.47. The van der Waals surface area contributed by atoms with Crippen LogP contribution >= 0.6 is 22.6 Å². The highest BCUT2D eigenvalue weighted by atomic mass is 127. The van der Waals surface area contributed by atoms with Crippen LogP contribution in [0.3, 0.4) is 0 Å². The van der Waals surface area contributed by atoms with Crippen LogP contribution in [-0.4, -0.2) is 15.0 Å². The number of hydrogen-bond donors (Lipinski definition) is 0. The van der Waals surface area contributed by atoms with Crippen molar-refractivity contribution in [1.29, 1.82) is 5.26 Å². The van der Waals surface area contributed by atoms with Crippen molar-refractivity contribution in [1.82, 2.24) is 15.0 Å². The number of hydrogen-bond acceptors (Lipinski definition) is 3. The summed E-state index contributed by atoms with van der Waals surface area (Å²) in [7, 11) is 0. The maximum atomic E-state index is 8.73. The summed E-state index contributed by atoms with van der Waals surface area (Å²) in [6, 6.07) is 2.08. The molecule has 0 saturated carbocycles. The quantitative estimate of drug-likeness (QED) is 0.787. The largest absolute Gasteiger partial charge is 0.234 e. The first-order chi connectivity index (χ1) is 5.79. The molecule has 64 valence electrons. The molecule has 1 rings (SSSR count). The third-order valence-electron chi connectivity index (χ3n) is 1.52. The van der Waals surface area contributed by atoms with Gasteiger partial charge >= 0.3 is 0 Å². The van der Waals surface area contributed by atoms with E-state index in [9.17, 15) is 0 Å². The van der Waals surface area contributed by atoms with E-state index in [-0.39, 0.29) is 0 Å². The van der Waals surface area contributed by atoms with Crippen LogP contribution in [0.2, 0.25) is 0 Å². The molecule has 0 saturated heterocycles. The highest BCUT2D eigenvalue weighted by Gasteiger charge is 2.07. The minimum absolute atomic E-state index is 0.573. The number of nitrogens with zero attached hydrogens (tertiary/aromatic N) is 4. The normalized spacial score (nSPS) is 9.75. The first kappa shape index (κ1) is 9.45. The fraction of sp³-hybridized carbons (Fsp3) is 0.571. The van der Waals surface area contributed by atoms with E-state index in [1.54, 1.807) is 4.68 Å². The lowest BCUT2D eigenvalue weighted by Gasteiger charge is -1.97. The van der Waals surface area contributed by atoms with E-state index < -0.39 is 0 Å². The predicted octanol–water partition coefficient (Wildman–Crippen LogP) is 1.55. The third-order valence-corrected chi connectivity index (χ3v) is 2.25. The Morgan fingerprint density at radius 1 is 1.67 bits per heavy atom. The molecule has 0 unspecified atom stereocenters. The van der Waals surface area contributed by atoms with Gasteiger partial charge in [-0.2, -0.15) is 5.26 Å². The summed E-state index contributed by atoms with van der Waals surface area (Å²) >= 11 is 2.02. The second-order valence-corrected chi connectivity index (χ2v) is 3.44. The molecule has 0 atom stereocenters. The van der Waals surface area contributed by atoms with Gasteiger partial charge in [0.25, 0.3) is 0 Å². The molecule has 1 aromatic rings. The van der Waals surface area contributed by atoms with Crippen molar-refractivity contribution in [2.24, 2.45) is 0 Å². The average Bonchev–Trinajstić information content (AvgIpc) is 2.43. The Hall–Kier alpha value is -0.640. The molecule has 0 aromatic carbocycles. The van der Waals surface area contributed by atoms with Gasteiger partial charge in [-0.25, -0.2) is 4.68 Å². The summed E-state index contributed by atoms with van der Waals surface area (Å²) in [5, 5.41) is 16.4. The Morgan fingerprint density at radius 2 is 2.42 bits per heavy atom. The molecule has 0 bridgehead atoms. The molecule has 0 amide bonds. The van der Waals surface area contributed by atoms with Crippen molar-refractivity contribution in [2.75, 3.05) is 0 Å². The van der Waals surface area contributed by atoms with E-state index in [4.69, 9.17) is 5.26 Å². The lowest BCUT2D eigenvalue weighted by atomic mass is 10.3. The Balaban J connectivity index is 2.79. The van der Waals surface area contributed by atoms with E-state index in [0.717, 1.165) is 19.4 Å². The minimum Gasteiger partial charge on any atom is -0.234 e. The molecule has 0 aliphatic carbocycles. The topological polar surface area (TPSA) is 54.5 Å². The molecule has 12 heavy (non-hydrogen) atoms. The van der Waals surface area contributed by atoms with E-state index in [0.29, 0.717) is 9.39 Å². The zero-order chi connectivity index (χ0) is 8.97. The van der Waals surface area contributed by atoms with E-state index in [1.165, 1.54) is 0 Å². The number of rotatable bonds is 3. The predicted molar refractivity (Wildman–Crippen MR) is 52.4 cm³/mol. The number of aromatic nitrogens is 3. The lowest BCUT2D eigenvalue weighted by Crippen LogP contribution is -2.02. The van der Waals surface area contributed by atoms with E-state index in [2.05, 4.69) is 23.3 Å². The van der Waals surface area contributed by atoms with Gasteiger partial charge < -0.3 is 0 Å². The van der Waals surface area contributed by atoms with Gasteiger partial charge in [0.1, 0.15) is 6.07 Å². The summed E-state index contributed by atoms with van der Waals surface area (Å²) in [6.45, 7) is 2.89. The van der Waals surface area contributed by atoms with Crippen molar-refractivity contribution >= 4 is 22.6 Å². The zero-order valence-electron chi connectivity index (χ0n) is 6.79. The molecule has 1 aromatic heterocycles. The van der Waals surface area contributed by atoms with Crippen LogP contribution in [0.4, 0.5) is 0 Å². The molecule has 0 aliphatic heterocycles. The van der Waals surface area contributed by atoms with Gasteiger partial charge in [0.2, 0.25) is 0 Å². The van der Waals surface area contributed by atoms with Gasteiger partial charge in [0, 0.05) is 6.54 Å². The fourth-order valence-electron chi connectivity index (χ4n) is 0.860. The van der Waals surface area contributed by atoms with Crippen molar-refractivity contribution in [3.8, 4) is 6.07 Å². The molecule has 0 N–H and O–H groups in total. The van der Waals surface area contributed by atoms with Crippen molar-refractivity contribution in [2.45, 2.75) is 26.3 Å². The third kappa shape index (κ3) is 1.94. The highest BCUT2D eigenvalue weighted by molar-refractivity contribution is 14.1. The van der Waals surface area contributed by atoms with Crippen LogP contribution in [0.1, 0.15) is 25.5 Å². The molecule has 0 fully saturated rings. The number of halogens is 1. The minimum atomic E-state index is 0.573. The number of unbranched alkanes of at least 4 members (excludes halogenated alkanes) is 1. The van der Waals surface area contributed by atoms with Gasteiger partial charge in [-0.3, -0.25) is 0 Å². The highest BCUT2D eigenvalue weighted by Crippen LogP contribution is 2.07. The second-order valence-electron chi connectivity index (χ2n) is 2.42. The summed E-state index contributed by atoms with van der Waals surface area (Å²) in [5.41, 5.74) is 0.573. The van der Waals surface area contributed by atoms with Crippen LogP contribution in [-0.2, 0) is 6.54 Å². The standard InChI is InChI=1S/C7H9IN4/c1-2-3-4-12-6(5-9)7(8)10-11-12/h2-4H2,1H3. The van der Waals surface area contributed by atoms with Crippen LogP contribution in [0, 0.1) is 15.0 Å². The molecular weight excluding hydrogens is 267 g/mol. The number of aryl methyl sites for hydroxylation is 1. The van der Waals surface area contributed by atoms with Crippen molar-refractivity contribution in [3.05, 3.63) is 9.39 Å². The Morgan fingerprint density at radius 3 is 3.00 bits per heavy atom. The van der Waals surface area contributed by atoms with Crippen LogP contribution in [0.15, 0.2) is 0 Å². The van der Waals surface area contributed by atoms with Crippen molar-refractivity contribution < 1.29 is 0 Å². The zero-order valence-corrected chi connectivity index (χ0v) is 8.95. The summed E-state index contributed by atoms with van der Waals surface area (Å²) in [5.74, 6) is 0. The second kappa shape index (κ2) is 4.40. The van der Waals surface area contributed by atoms with Crippen LogP contribution in [0.25, 0.3) is 0 Å². The first-order valence-electron chi connectivity index (χ1n) is 3.78. The SMILES string of the molecule is CCCCn1nnc(I)c1C#N. The van der Waals surface area contributed by atoms with E-state index in [1.807, 2.05) is 22.6 Å². The van der Waals surface area contributed by atoms with Gasteiger partial charge in [0.05, 0.1) is 0 Å². The summed E-state index contributed by atoms with van der Waals surface area (Å²) in [6.07, 6.45) is 2.13. The molecule has 5 heteroatoms. The molecule has 0 radical (unpaired) electrons. The van der Waals surface area contributed by atoms with Gasteiger partial charge in [-0.15, -0.1) is 5.10 Å². The maximum Gasteiger partial charge on any atom is 0.172 e. The average molecular weight is 276 g/mol. The maximum absolute atomic E-state index is 8.73. The van der Waals surface area contributed by atoms with Gasteiger partial charge in [-0.05, 0) is 29.0 Å². The molecule has 0 spiro atoms. The lowest BCUT2D eigenvalue weighted by molar-refractivity contribution is 0.548. The van der Waals surface area contributed by atoms with E-state index >= 15 is 0 Å². The summed E-state index contributed by atoms with van der Waals surface area (Å²) < 4.78 is 2.34. The molecule has 0 aliphatic rings. The monoisotopic (exact) mass is 276 g/mol. The van der Waals surface area contributed by atoms with Crippen molar-refractivity contribution in [3.63, 3.8) is 0 Å². The fourth-order valence-corrected chi connectivity index (χ4v) is 1.36. The molecule has 1 heterocycles. The Labute approximate surface area is 84.7 Å². The molecule has 4 nitrogen and oxygen atoms in total. The molecular formula is C7H9IN4. The van der Waals surface area contributed by atoms with Crippen LogP contribution < -0.4 is 0 Å². The first-order valence-corrected chi connectivity index (χ1v) is 4.86. The number of nitriles is 1. The Bertz CT molecular complexity index is 299. The van der Waals surface area contributed by atoms with Crippen LogP contribution in [0.5, 0.6) is 0 Å².